The summed E-state index contributed by atoms with van der Waals surface area (Å²) in [5.41, 5.74) is 4.02. The molecule has 3 atom stereocenters. The SMILES string of the molecule is CCCCCCCCCCCCC(C#N)(CCCN(C)CCc1ccccc1OC1CN(NC(C)=O)CCC1CO[N+](=O)[O-])c1cc(OC)c(OC)c(OC)c1. The summed E-state index contributed by atoms with van der Waals surface area (Å²) in [6, 6.07) is 14.5. The van der Waals surface area contributed by atoms with Gasteiger partial charge in [-0.3, -0.25) is 10.2 Å². The molecule has 1 aliphatic heterocycles. The van der Waals surface area contributed by atoms with Crippen LogP contribution >= 0.6 is 0 Å². The summed E-state index contributed by atoms with van der Waals surface area (Å²) in [5.74, 6) is 1.94. The minimum Gasteiger partial charge on any atom is -0.493 e. The number of piperidine rings is 1. The van der Waals surface area contributed by atoms with Gasteiger partial charge in [-0.15, -0.1) is 10.1 Å². The lowest BCUT2D eigenvalue weighted by Crippen LogP contribution is -2.54. The number of nitriles is 1. The predicted octanol–water partition coefficient (Wildman–Crippen LogP) is 8.07. The van der Waals surface area contributed by atoms with Crippen LogP contribution in [0.4, 0.5) is 0 Å². The lowest BCUT2D eigenvalue weighted by atomic mass is 9.73. The topological polar surface area (TPSA) is 149 Å². The summed E-state index contributed by atoms with van der Waals surface area (Å²) in [6.07, 6.45) is 15.4. The third-order valence-corrected chi connectivity index (χ3v) is 11.0. The summed E-state index contributed by atoms with van der Waals surface area (Å²) in [6.45, 7) is 6.11. The Labute approximate surface area is 335 Å². The van der Waals surface area contributed by atoms with Gasteiger partial charge in [0.05, 0.1) is 39.4 Å². The molecule has 3 rings (SSSR count). The van der Waals surface area contributed by atoms with Crippen molar-refractivity contribution in [1.82, 2.24) is 15.3 Å². The van der Waals surface area contributed by atoms with Gasteiger partial charge in [0.2, 0.25) is 11.7 Å². The molecule has 0 radical (unpaired) electrons. The first-order valence-corrected chi connectivity index (χ1v) is 20.5. The third-order valence-electron chi connectivity index (χ3n) is 11.0. The van der Waals surface area contributed by atoms with Gasteiger partial charge in [0.25, 0.3) is 5.09 Å². The van der Waals surface area contributed by atoms with E-state index in [9.17, 15) is 20.2 Å². The van der Waals surface area contributed by atoms with Gasteiger partial charge in [0.15, 0.2) is 11.5 Å². The minimum absolute atomic E-state index is 0.0735. The van der Waals surface area contributed by atoms with Crippen LogP contribution in [-0.4, -0.2) is 88.2 Å². The number of hydrogen-bond donors (Lipinski definition) is 1. The molecular formula is C43H67N5O8. The molecule has 0 aliphatic carbocycles. The highest BCUT2D eigenvalue weighted by Crippen LogP contribution is 2.44. The normalized spacial score (nSPS) is 16.8. The average molecular weight is 782 g/mol. The fourth-order valence-electron chi connectivity index (χ4n) is 7.69. The Bertz CT molecular complexity index is 1490. The van der Waals surface area contributed by atoms with E-state index in [0.29, 0.717) is 48.9 Å². The highest BCUT2D eigenvalue weighted by atomic mass is 16.9. The second kappa shape index (κ2) is 25.1. The zero-order chi connectivity index (χ0) is 40.8. The van der Waals surface area contributed by atoms with Crippen LogP contribution in [0.5, 0.6) is 23.0 Å². The molecule has 56 heavy (non-hydrogen) atoms. The third kappa shape index (κ3) is 15.0. The van der Waals surface area contributed by atoms with Crippen LogP contribution in [0.2, 0.25) is 0 Å². The van der Waals surface area contributed by atoms with Crippen molar-refractivity contribution in [2.75, 3.05) is 61.2 Å². The summed E-state index contributed by atoms with van der Waals surface area (Å²) in [7, 11) is 6.89. The molecule has 0 bridgehead atoms. The number of ether oxygens (including phenoxy) is 4. The van der Waals surface area contributed by atoms with Gasteiger partial charge in [0.1, 0.15) is 18.5 Å². The standard InChI is InChI=1S/C43H67N5O8/c1-7-8-9-10-11-12-13-14-15-18-24-43(33-44,37-29-39(52-4)42(54-6)40(30-37)53-5)25-19-26-46(3)27-22-35-20-16-17-21-38(35)56-41-31-47(45-34(2)49)28-23-36(41)32-55-48(50)51/h16-17,20-21,29-30,36,41H,7-15,18-19,22-28,31-32H2,1-6H3,(H,45,49). The van der Waals surface area contributed by atoms with E-state index in [1.165, 1.54) is 58.3 Å². The fourth-order valence-corrected chi connectivity index (χ4v) is 7.69. The van der Waals surface area contributed by atoms with Crippen molar-refractivity contribution >= 4 is 5.91 Å². The number of para-hydroxylation sites is 1. The molecular weight excluding hydrogens is 715 g/mol. The smallest absolute Gasteiger partial charge is 0.294 e. The van der Waals surface area contributed by atoms with Gasteiger partial charge >= 0.3 is 0 Å². The molecule has 1 heterocycles. The Morgan fingerprint density at radius 3 is 2.16 bits per heavy atom. The number of hydrazine groups is 1. The van der Waals surface area contributed by atoms with E-state index in [1.54, 1.807) is 26.3 Å². The van der Waals surface area contributed by atoms with E-state index in [-0.39, 0.29) is 18.4 Å². The summed E-state index contributed by atoms with van der Waals surface area (Å²) < 4.78 is 23.5. The van der Waals surface area contributed by atoms with E-state index in [0.717, 1.165) is 56.3 Å². The molecule has 2 aromatic carbocycles. The Morgan fingerprint density at radius 1 is 0.946 bits per heavy atom. The van der Waals surface area contributed by atoms with Crippen LogP contribution in [0.3, 0.4) is 0 Å². The lowest BCUT2D eigenvalue weighted by molar-refractivity contribution is -0.759. The van der Waals surface area contributed by atoms with Gasteiger partial charge in [-0.2, -0.15) is 5.26 Å². The molecule has 13 heteroatoms. The maximum atomic E-state index is 11.8. The molecule has 0 aromatic heterocycles. The number of unbranched alkanes of at least 4 members (excludes halogenated alkanes) is 9. The molecule has 0 saturated carbocycles. The van der Waals surface area contributed by atoms with Gasteiger partial charge in [-0.25, -0.2) is 5.01 Å². The number of nitrogens with one attached hydrogen (secondary N) is 1. The molecule has 1 amide bonds. The number of benzene rings is 2. The molecule has 1 aliphatic rings. The van der Waals surface area contributed by atoms with Crippen LogP contribution in [-0.2, 0) is 21.5 Å². The summed E-state index contributed by atoms with van der Waals surface area (Å²) in [4.78, 5) is 29.8. The van der Waals surface area contributed by atoms with Gasteiger partial charge < -0.3 is 28.7 Å². The molecule has 13 nitrogen and oxygen atoms in total. The second-order valence-electron chi connectivity index (χ2n) is 15.1. The number of carbonyl (C=O) groups excluding carboxylic acids is 1. The van der Waals surface area contributed by atoms with Crippen molar-refractivity contribution in [2.24, 2.45) is 5.92 Å². The summed E-state index contributed by atoms with van der Waals surface area (Å²) in [5, 5.41) is 22.9. The highest BCUT2D eigenvalue weighted by Gasteiger charge is 2.35. The van der Waals surface area contributed by atoms with E-state index in [2.05, 4.69) is 30.4 Å². The Kier molecular flexibility index (Phi) is 20.6. The van der Waals surface area contributed by atoms with Crippen LogP contribution in [0, 0.1) is 27.4 Å². The van der Waals surface area contributed by atoms with Crippen molar-refractivity contribution in [2.45, 2.75) is 122 Å². The zero-order valence-corrected chi connectivity index (χ0v) is 34.8. The largest absolute Gasteiger partial charge is 0.493 e. The van der Waals surface area contributed by atoms with Crippen molar-refractivity contribution < 1.29 is 33.7 Å². The molecule has 1 N–H and O–H groups in total. The van der Waals surface area contributed by atoms with Crippen molar-refractivity contribution in [3.63, 3.8) is 0 Å². The minimum atomic E-state index is -0.773. The maximum Gasteiger partial charge on any atom is 0.294 e. The van der Waals surface area contributed by atoms with Crippen LogP contribution in [0.15, 0.2) is 36.4 Å². The summed E-state index contributed by atoms with van der Waals surface area (Å²) >= 11 is 0. The number of hydrogen-bond acceptors (Lipinski definition) is 11. The monoisotopic (exact) mass is 781 g/mol. The second-order valence-corrected chi connectivity index (χ2v) is 15.1. The molecule has 3 unspecified atom stereocenters. The first-order valence-electron chi connectivity index (χ1n) is 20.5. The first-order chi connectivity index (χ1) is 27.1. The van der Waals surface area contributed by atoms with Gasteiger partial charge in [0, 0.05) is 25.9 Å². The van der Waals surface area contributed by atoms with E-state index in [1.807, 2.05) is 36.4 Å². The van der Waals surface area contributed by atoms with Crippen molar-refractivity contribution in [3.05, 3.63) is 57.6 Å². The fraction of sp³-hybridized carbons (Fsp3) is 0.674. The Morgan fingerprint density at radius 2 is 1.57 bits per heavy atom. The number of rotatable bonds is 28. The average Bonchev–Trinajstić information content (AvgIpc) is 3.19. The predicted molar refractivity (Wildman–Crippen MR) is 218 cm³/mol. The van der Waals surface area contributed by atoms with Crippen LogP contribution in [0.1, 0.15) is 115 Å². The number of amides is 1. The van der Waals surface area contributed by atoms with E-state index < -0.39 is 16.6 Å². The van der Waals surface area contributed by atoms with Crippen LogP contribution < -0.4 is 24.4 Å². The molecule has 1 fully saturated rings. The maximum absolute atomic E-state index is 11.8. The number of methoxy groups -OCH3 is 3. The molecule has 312 valence electrons. The molecule has 2 aromatic rings. The quantitative estimate of drug-likeness (QED) is 0.0508. The van der Waals surface area contributed by atoms with Crippen molar-refractivity contribution in [3.8, 4) is 29.1 Å². The molecule has 0 spiro atoms. The van der Waals surface area contributed by atoms with Gasteiger partial charge in [-0.1, -0.05) is 89.3 Å². The Hall–Kier alpha value is -4.28. The lowest BCUT2D eigenvalue weighted by Gasteiger charge is -2.38. The first kappa shape index (κ1) is 46.1. The number of carbonyl (C=O) groups is 1. The number of nitrogens with zero attached hydrogens (tertiary/aromatic N) is 4. The Balaban J connectivity index is 1.66. The van der Waals surface area contributed by atoms with Gasteiger partial charge in [-0.05, 0) is 75.0 Å². The molecule has 1 saturated heterocycles. The van der Waals surface area contributed by atoms with E-state index >= 15 is 0 Å². The number of likely N-dealkylation sites (N-methyl/N-ethyl adjacent to an activating group) is 1. The zero-order valence-electron chi connectivity index (χ0n) is 34.8. The highest BCUT2D eigenvalue weighted by molar-refractivity contribution is 5.72. The van der Waals surface area contributed by atoms with Crippen molar-refractivity contribution in [1.29, 1.82) is 5.26 Å². The van der Waals surface area contributed by atoms with Crippen LogP contribution in [0.25, 0.3) is 0 Å². The van der Waals surface area contributed by atoms with E-state index in [4.69, 9.17) is 23.8 Å².